The molecule has 0 aliphatic rings. The molecule has 0 fully saturated rings. The number of unbranched alkanes of at least 4 members (excludes halogenated alkanes) is 10. The second-order valence-corrected chi connectivity index (χ2v) is 12.3. The molecule has 0 heterocycles. The first kappa shape index (κ1) is 36.5. The van der Waals surface area contributed by atoms with Gasteiger partial charge in [-0.2, -0.15) is 0 Å². The van der Waals surface area contributed by atoms with Gasteiger partial charge in [0.15, 0.2) is 0 Å². The number of anilines is 2. The number of benzene rings is 2. The summed E-state index contributed by atoms with van der Waals surface area (Å²) >= 11 is 0. The molecule has 2 rings (SSSR count). The van der Waals surface area contributed by atoms with Crippen molar-refractivity contribution in [2.45, 2.75) is 110 Å². The highest BCUT2D eigenvalue weighted by atomic mass is 16.2. The Morgan fingerprint density at radius 2 is 0.860 bits per heavy atom. The van der Waals surface area contributed by atoms with Gasteiger partial charge in [-0.3, -0.25) is 9.59 Å². The highest BCUT2D eigenvalue weighted by Gasteiger charge is 2.08. The Balaban J connectivity index is 1.63. The summed E-state index contributed by atoms with van der Waals surface area (Å²) in [6.45, 7) is 8.17. The average molecular weight is 593 g/mol. The summed E-state index contributed by atoms with van der Waals surface area (Å²) in [6, 6.07) is 16.2. The van der Waals surface area contributed by atoms with Gasteiger partial charge in [-0.1, -0.05) is 102 Å². The van der Waals surface area contributed by atoms with Crippen LogP contribution in [0.5, 0.6) is 0 Å². The van der Waals surface area contributed by atoms with E-state index < -0.39 is 0 Å². The van der Waals surface area contributed by atoms with Crippen molar-refractivity contribution in [2.24, 2.45) is 0 Å². The molecule has 2 N–H and O–H groups in total. The van der Waals surface area contributed by atoms with Crippen LogP contribution in [-0.4, -0.2) is 61.9 Å². The van der Waals surface area contributed by atoms with E-state index in [2.05, 4.69) is 72.6 Å². The summed E-state index contributed by atoms with van der Waals surface area (Å²) in [4.78, 5) is 29.4. The quantitative estimate of drug-likeness (QED) is 0.120. The zero-order valence-corrected chi connectivity index (χ0v) is 27.8. The van der Waals surface area contributed by atoms with Crippen LogP contribution in [0.15, 0.2) is 48.5 Å². The maximum atomic E-state index is 12.4. The minimum Gasteiger partial charge on any atom is -0.326 e. The Bertz CT molecular complexity index is 925. The van der Waals surface area contributed by atoms with Crippen LogP contribution < -0.4 is 10.6 Å². The molecule has 0 unspecified atom stereocenters. The van der Waals surface area contributed by atoms with Crippen molar-refractivity contribution in [3.63, 3.8) is 0 Å². The molecule has 0 saturated carbocycles. The second-order valence-electron chi connectivity index (χ2n) is 12.3. The summed E-state index contributed by atoms with van der Waals surface area (Å²) < 4.78 is 0. The Kier molecular flexibility index (Phi) is 19.3. The van der Waals surface area contributed by atoms with Crippen LogP contribution in [0.3, 0.4) is 0 Å². The molecule has 0 aromatic heterocycles. The van der Waals surface area contributed by atoms with Gasteiger partial charge < -0.3 is 20.4 Å². The predicted octanol–water partition coefficient (Wildman–Crippen LogP) is 8.52. The smallest absolute Gasteiger partial charge is 0.225 e. The van der Waals surface area contributed by atoms with E-state index in [-0.39, 0.29) is 11.8 Å². The van der Waals surface area contributed by atoms with Crippen LogP contribution in [0.4, 0.5) is 11.4 Å². The molecular weight excluding hydrogens is 532 g/mol. The van der Waals surface area contributed by atoms with Crippen molar-refractivity contribution >= 4 is 23.2 Å². The average Bonchev–Trinajstić information content (AvgIpc) is 3.00. The maximum Gasteiger partial charge on any atom is 0.225 e. The molecule has 240 valence electrons. The molecule has 6 heteroatoms. The highest BCUT2D eigenvalue weighted by molar-refractivity contribution is 5.91. The number of nitrogens with one attached hydrogen (secondary N) is 2. The van der Waals surface area contributed by atoms with Gasteiger partial charge in [0, 0.05) is 37.3 Å². The fraction of sp³-hybridized carbons (Fsp3) is 0.622. The van der Waals surface area contributed by atoms with E-state index in [1.807, 2.05) is 24.3 Å². The van der Waals surface area contributed by atoms with Gasteiger partial charge in [-0.15, -0.1) is 0 Å². The number of rotatable bonds is 24. The summed E-state index contributed by atoms with van der Waals surface area (Å²) in [5.74, 6) is 0.120. The molecule has 2 aromatic rings. The zero-order chi connectivity index (χ0) is 31.1. The third-order valence-electron chi connectivity index (χ3n) is 8.11. The summed E-state index contributed by atoms with van der Waals surface area (Å²) in [7, 11) is 4.21. The fourth-order valence-corrected chi connectivity index (χ4v) is 5.23. The van der Waals surface area contributed by atoms with Crippen molar-refractivity contribution in [2.75, 3.05) is 50.9 Å². The number of carbonyl (C=O) groups is 2. The Hall–Kier alpha value is -2.70. The van der Waals surface area contributed by atoms with E-state index in [1.165, 1.54) is 88.2 Å². The first-order valence-electron chi connectivity index (χ1n) is 17.0. The van der Waals surface area contributed by atoms with Gasteiger partial charge in [0.25, 0.3) is 0 Å². The minimum atomic E-state index is 0.0598. The van der Waals surface area contributed by atoms with E-state index in [0.29, 0.717) is 12.8 Å². The van der Waals surface area contributed by atoms with Gasteiger partial charge in [0.2, 0.25) is 11.8 Å². The molecule has 0 bridgehead atoms. The van der Waals surface area contributed by atoms with Crippen LogP contribution >= 0.6 is 0 Å². The highest BCUT2D eigenvalue weighted by Crippen LogP contribution is 2.17. The number of nitrogens with zero attached hydrogens (tertiary/aromatic N) is 2. The maximum absolute atomic E-state index is 12.4. The van der Waals surface area contributed by atoms with Crippen molar-refractivity contribution in [1.82, 2.24) is 9.80 Å². The molecule has 0 spiro atoms. The van der Waals surface area contributed by atoms with Gasteiger partial charge >= 0.3 is 0 Å². The SMILES string of the molecule is CCCCCCCCN(C)CCC(=O)Nc1ccc(Cc2ccc(NC(=O)CCN(C)CCCCCCCC)cc2)cc1. The van der Waals surface area contributed by atoms with Gasteiger partial charge in [0.1, 0.15) is 0 Å². The number of hydrogen-bond donors (Lipinski definition) is 2. The monoisotopic (exact) mass is 592 g/mol. The Morgan fingerprint density at radius 3 is 1.23 bits per heavy atom. The molecule has 6 nitrogen and oxygen atoms in total. The lowest BCUT2D eigenvalue weighted by atomic mass is 10.0. The van der Waals surface area contributed by atoms with Gasteiger partial charge in [0.05, 0.1) is 0 Å². The normalized spacial score (nSPS) is 11.3. The summed E-state index contributed by atoms with van der Waals surface area (Å²) in [5.41, 5.74) is 4.04. The topological polar surface area (TPSA) is 64.7 Å². The first-order chi connectivity index (χ1) is 20.9. The van der Waals surface area contributed by atoms with Crippen molar-refractivity contribution in [3.8, 4) is 0 Å². The zero-order valence-electron chi connectivity index (χ0n) is 27.8. The molecule has 0 aliphatic carbocycles. The second kappa shape index (κ2) is 22.8. The summed E-state index contributed by atoms with van der Waals surface area (Å²) in [6.07, 6.45) is 17.3. The molecule has 2 amide bonds. The van der Waals surface area contributed by atoms with Crippen molar-refractivity contribution < 1.29 is 9.59 Å². The standard InChI is InChI=1S/C37H60N4O2/c1-5-7-9-11-13-15-27-40(3)29-25-36(42)38-34-21-17-32(18-22-34)31-33-19-23-35(24-20-33)39-37(43)26-30-41(4)28-16-14-12-10-8-6-2/h17-24H,5-16,25-31H2,1-4H3,(H,38,42)(H,39,43). The van der Waals surface area contributed by atoms with E-state index >= 15 is 0 Å². The van der Waals surface area contributed by atoms with Crippen molar-refractivity contribution in [3.05, 3.63) is 59.7 Å². The Morgan fingerprint density at radius 1 is 0.512 bits per heavy atom. The lowest BCUT2D eigenvalue weighted by Crippen LogP contribution is -2.25. The molecule has 0 aliphatic heterocycles. The Labute approximate surface area is 263 Å². The van der Waals surface area contributed by atoms with Gasteiger partial charge in [-0.05, 0) is 81.8 Å². The molecule has 2 aromatic carbocycles. The van der Waals surface area contributed by atoms with Crippen LogP contribution in [0.2, 0.25) is 0 Å². The van der Waals surface area contributed by atoms with Gasteiger partial charge in [-0.25, -0.2) is 0 Å². The van der Waals surface area contributed by atoms with Crippen LogP contribution in [0.25, 0.3) is 0 Å². The number of carbonyl (C=O) groups excluding carboxylic acids is 2. The largest absolute Gasteiger partial charge is 0.326 e. The molecule has 0 saturated heterocycles. The van der Waals surface area contributed by atoms with Crippen molar-refractivity contribution in [1.29, 1.82) is 0 Å². The third kappa shape index (κ3) is 17.9. The van der Waals surface area contributed by atoms with E-state index in [4.69, 9.17) is 0 Å². The van der Waals surface area contributed by atoms with E-state index in [0.717, 1.165) is 44.0 Å². The number of hydrogen-bond acceptors (Lipinski definition) is 4. The lowest BCUT2D eigenvalue weighted by molar-refractivity contribution is -0.117. The predicted molar refractivity (Wildman–Crippen MR) is 184 cm³/mol. The van der Waals surface area contributed by atoms with Crippen LogP contribution in [0.1, 0.15) is 115 Å². The van der Waals surface area contributed by atoms with Crippen LogP contribution in [-0.2, 0) is 16.0 Å². The van der Waals surface area contributed by atoms with E-state index in [1.54, 1.807) is 0 Å². The first-order valence-corrected chi connectivity index (χ1v) is 17.0. The number of amides is 2. The van der Waals surface area contributed by atoms with Crippen LogP contribution in [0, 0.1) is 0 Å². The lowest BCUT2D eigenvalue weighted by Gasteiger charge is -2.16. The molecular formula is C37H60N4O2. The fourth-order valence-electron chi connectivity index (χ4n) is 5.23. The molecule has 0 radical (unpaired) electrons. The minimum absolute atomic E-state index is 0.0598. The molecule has 43 heavy (non-hydrogen) atoms. The summed E-state index contributed by atoms with van der Waals surface area (Å²) in [5, 5.41) is 6.06. The third-order valence-corrected chi connectivity index (χ3v) is 8.11. The molecule has 0 atom stereocenters. The van der Waals surface area contributed by atoms with E-state index in [9.17, 15) is 9.59 Å².